The molecular formula is C24H28N4O4. The maximum absolute atomic E-state index is 12.7. The molecular weight excluding hydrogens is 408 g/mol. The first-order valence-corrected chi connectivity index (χ1v) is 10.7. The van der Waals surface area contributed by atoms with Gasteiger partial charge in [0.15, 0.2) is 0 Å². The summed E-state index contributed by atoms with van der Waals surface area (Å²) < 4.78 is 4.93. The number of esters is 1. The molecule has 0 bridgehead atoms. The maximum Gasteiger partial charge on any atom is 0.328 e. The van der Waals surface area contributed by atoms with Crippen LogP contribution in [0.1, 0.15) is 5.56 Å². The monoisotopic (exact) mass is 436 g/mol. The van der Waals surface area contributed by atoms with E-state index in [0.29, 0.717) is 32.6 Å². The summed E-state index contributed by atoms with van der Waals surface area (Å²) >= 11 is 0. The first kappa shape index (κ1) is 21.7. The number of aromatic amines is 1. The number of amides is 1. The van der Waals surface area contributed by atoms with Gasteiger partial charge in [-0.2, -0.15) is 0 Å². The van der Waals surface area contributed by atoms with Crippen LogP contribution in [-0.4, -0.2) is 72.7 Å². The lowest BCUT2D eigenvalue weighted by Crippen LogP contribution is -2.52. The Hall–Kier alpha value is -3.52. The van der Waals surface area contributed by atoms with Gasteiger partial charge in [0.25, 0.3) is 0 Å². The molecule has 32 heavy (non-hydrogen) atoms. The van der Waals surface area contributed by atoms with Gasteiger partial charge in [-0.15, -0.1) is 0 Å². The molecule has 1 aromatic heterocycles. The summed E-state index contributed by atoms with van der Waals surface area (Å²) in [6.07, 6.45) is 2.22. The van der Waals surface area contributed by atoms with E-state index < -0.39 is 12.0 Å². The summed E-state index contributed by atoms with van der Waals surface area (Å²) in [6, 6.07) is 14.4. The van der Waals surface area contributed by atoms with Crippen LogP contribution in [0.5, 0.6) is 5.75 Å². The number of nitrogens with one attached hydrogen (secondary N) is 2. The minimum atomic E-state index is -0.755. The van der Waals surface area contributed by atoms with Crippen LogP contribution in [-0.2, 0) is 20.7 Å². The van der Waals surface area contributed by atoms with Gasteiger partial charge in [0, 0.05) is 49.7 Å². The van der Waals surface area contributed by atoms with Crippen molar-refractivity contribution in [3.63, 3.8) is 0 Å². The average molecular weight is 437 g/mol. The summed E-state index contributed by atoms with van der Waals surface area (Å²) in [5.74, 6) is -0.416. The number of carbonyl (C=O) groups excluding carboxylic acids is 2. The number of nitrogens with zero attached hydrogens (tertiary/aromatic N) is 2. The van der Waals surface area contributed by atoms with Crippen molar-refractivity contribution in [3.05, 3.63) is 60.3 Å². The molecule has 1 saturated heterocycles. The molecule has 4 rings (SSSR count). The van der Waals surface area contributed by atoms with E-state index in [0.717, 1.165) is 22.2 Å². The smallest absolute Gasteiger partial charge is 0.328 e. The number of aromatic nitrogens is 1. The van der Waals surface area contributed by atoms with Crippen LogP contribution >= 0.6 is 0 Å². The fraction of sp³-hybridized carbons (Fsp3) is 0.333. The third kappa shape index (κ3) is 4.86. The van der Waals surface area contributed by atoms with Crippen LogP contribution < -0.4 is 10.2 Å². The number of para-hydroxylation sites is 3. The SMILES string of the molecule is COC(=O)[C@@H](Cc1c[nH]c2ccccc12)NC(=O)CN1CCN(c2ccccc2O)CC1. The zero-order valence-electron chi connectivity index (χ0n) is 18.1. The van der Waals surface area contributed by atoms with Gasteiger partial charge in [-0.1, -0.05) is 30.3 Å². The van der Waals surface area contributed by atoms with Crippen molar-refractivity contribution in [3.8, 4) is 5.75 Å². The van der Waals surface area contributed by atoms with Crippen molar-refractivity contribution in [1.82, 2.24) is 15.2 Å². The molecule has 2 heterocycles. The van der Waals surface area contributed by atoms with Gasteiger partial charge in [-0.25, -0.2) is 4.79 Å². The summed E-state index contributed by atoms with van der Waals surface area (Å²) in [5.41, 5.74) is 2.74. The zero-order valence-corrected chi connectivity index (χ0v) is 18.1. The lowest BCUT2D eigenvalue weighted by Gasteiger charge is -2.36. The lowest BCUT2D eigenvalue weighted by molar-refractivity contribution is -0.145. The predicted molar refractivity (Wildman–Crippen MR) is 123 cm³/mol. The van der Waals surface area contributed by atoms with E-state index in [4.69, 9.17) is 4.74 Å². The van der Waals surface area contributed by atoms with Gasteiger partial charge in [0.1, 0.15) is 11.8 Å². The van der Waals surface area contributed by atoms with E-state index in [1.807, 2.05) is 47.5 Å². The Labute approximate surface area is 186 Å². The molecule has 3 aromatic rings. The number of H-pyrrole nitrogens is 1. The Balaban J connectivity index is 1.34. The minimum absolute atomic E-state index is 0.204. The zero-order chi connectivity index (χ0) is 22.5. The predicted octanol–water partition coefficient (Wildman–Crippen LogP) is 1.90. The second-order valence-corrected chi connectivity index (χ2v) is 7.96. The third-order valence-corrected chi connectivity index (χ3v) is 5.88. The third-order valence-electron chi connectivity index (χ3n) is 5.88. The average Bonchev–Trinajstić information content (AvgIpc) is 3.22. The number of piperazine rings is 1. The maximum atomic E-state index is 12.7. The quantitative estimate of drug-likeness (QED) is 0.490. The Morgan fingerprint density at radius 3 is 2.56 bits per heavy atom. The molecule has 1 atom stereocenters. The summed E-state index contributed by atoms with van der Waals surface area (Å²) in [4.78, 5) is 32.4. The van der Waals surface area contributed by atoms with E-state index in [1.54, 1.807) is 12.1 Å². The van der Waals surface area contributed by atoms with Crippen molar-refractivity contribution in [1.29, 1.82) is 0 Å². The largest absolute Gasteiger partial charge is 0.506 e. The minimum Gasteiger partial charge on any atom is -0.506 e. The summed E-state index contributed by atoms with van der Waals surface area (Å²) in [6.45, 7) is 3.00. The van der Waals surface area contributed by atoms with Crippen molar-refractivity contribution < 1.29 is 19.4 Å². The number of phenolic OH excluding ortho intramolecular Hbond substituents is 1. The summed E-state index contributed by atoms with van der Waals surface area (Å²) in [5, 5.41) is 13.9. The molecule has 0 aliphatic carbocycles. The first-order valence-electron chi connectivity index (χ1n) is 10.7. The highest BCUT2D eigenvalue weighted by Crippen LogP contribution is 2.27. The van der Waals surface area contributed by atoms with Crippen LogP contribution in [0.3, 0.4) is 0 Å². The van der Waals surface area contributed by atoms with Gasteiger partial charge < -0.3 is 25.0 Å². The number of hydrogen-bond donors (Lipinski definition) is 3. The van der Waals surface area contributed by atoms with Crippen LogP contribution in [0.25, 0.3) is 10.9 Å². The van der Waals surface area contributed by atoms with Crippen molar-refractivity contribution >= 4 is 28.5 Å². The number of ether oxygens (including phenoxy) is 1. The number of carbonyl (C=O) groups is 2. The fourth-order valence-electron chi connectivity index (χ4n) is 4.18. The molecule has 0 spiro atoms. The van der Waals surface area contributed by atoms with Crippen molar-refractivity contribution in [2.45, 2.75) is 12.5 Å². The Kier molecular flexibility index (Phi) is 6.61. The van der Waals surface area contributed by atoms with Crippen LogP contribution in [0.15, 0.2) is 54.7 Å². The number of fused-ring (bicyclic) bond motifs is 1. The van der Waals surface area contributed by atoms with Crippen LogP contribution in [0, 0.1) is 0 Å². The van der Waals surface area contributed by atoms with Gasteiger partial charge in [0.05, 0.1) is 19.3 Å². The number of benzene rings is 2. The van der Waals surface area contributed by atoms with Gasteiger partial charge in [-0.3, -0.25) is 9.69 Å². The Bertz CT molecular complexity index is 1090. The Morgan fingerprint density at radius 2 is 1.81 bits per heavy atom. The van der Waals surface area contributed by atoms with E-state index in [9.17, 15) is 14.7 Å². The highest BCUT2D eigenvalue weighted by atomic mass is 16.5. The molecule has 8 heteroatoms. The molecule has 3 N–H and O–H groups in total. The van der Waals surface area contributed by atoms with E-state index >= 15 is 0 Å². The second-order valence-electron chi connectivity index (χ2n) is 7.96. The second kappa shape index (κ2) is 9.74. The topological polar surface area (TPSA) is 97.9 Å². The lowest BCUT2D eigenvalue weighted by atomic mass is 10.0. The molecule has 0 saturated carbocycles. The van der Waals surface area contributed by atoms with Crippen molar-refractivity contribution in [2.24, 2.45) is 0 Å². The molecule has 1 fully saturated rings. The van der Waals surface area contributed by atoms with Gasteiger partial charge >= 0.3 is 5.97 Å². The number of aromatic hydroxyl groups is 1. The first-order chi connectivity index (χ1) is 15.5. The molecule has 0 radical (unpaired) electrons. The highest BCUT2D eigenvalue weighted by Gasteiger charge is 2.26. The number of phenols is 1. The molecule has 1 aliphatic heterocycles. The van der Waals surface area contributed by atoms with Gasteiger partial charge in [-0.05, 0) is 23.8 Å². The number of anilines is 1. The number of rotatable bonds is 7. The molecule has 2 aromatic carbocycles. The van der Waals surface area contributed by atoms with Crippen molar-refractivity contribution in [2.75, 3.05) is 44.7 Å². The molecule has 1 amide bonds. The molecule has 1 aliphatic rings. The standard InChI is InChI=1S/C24H28N4O4/c1-32-24(31)20(14-17-15-25-19-7-3-2-6-18(17)19)26-23(30)16-27-10-12-28(13-11-27)21-8-4-5-9-22(21)29/h2-9,15,20,25,29H,10-14,16H2,1H3,(H,26,30)/t20-/m1/s1. The van der Waals surface area contributed by atoms with E-state index in [-0.39, 0.29) is 18.2 Å². The van der Waals surface area contributed by atoms with Gasteiger partial charge in [0.2, 0.25) is 5.91 Å². The Morgan fingerprint density at radius 1 is 1.09 bits per heavy atom. The molecule has 0 unspecified atom stereocenters. The fourth-order valence-corrected chi connectivity index (χ4v) is 4.18. The van der Waals surface area contributed by atoms with Crippen LogP contribution in [0.4, 0.5) is 5.69 Å². The normalized spacial score (nSPS) is 15.5. The van der Waals surface area contributed by atoms with Crippen LogP contribution in [0.2, 0.25) is 0 Å². The molecule has 168 valence electrons. The van der Waals surface area contributed by atoms with E-state index in [1.165, 1.54) is 7.11 Å². The number of hydrogen-bond acceptors (Lipinski definition) is 6. The van der Waals surface area contributed by atoms with E-state index in [2.05, 4.69) is 15.2 Å². The highest BCUT2D eigenvalue weighted by molar-refractivity contribution is 5.87. The molecule has 8 nitrogen and oxygen atoms in total. The number of methoxy groups -OCH3 is 1. The summed E-state index contributed by atoms with van der Waals surface area (Å²) in [7, 11) is 1.33.